The maximum atomic E-state index is 9.84. The molecular weight excluding hydrogens is 416 g/mol. The molecule has 0 unspecified atom stereocenters. The first-order valence-corrected chi connectivity index (χ1v) is 11.2. The van der Waals surface area contributed by atoms with Crippen LogP contribution in [0.1, 0.15) is 24.0 Å². The van der Waals surface area contributed by atoms with Gasteiger partial charge in [0.2, 0.25) is 5.95 Å². The maximum absolute atomic E-state index is 9.84. The molecule has 1 fully saturated rings. The Balaban J connectivity index is 1.48. The molecule has 0 radical (unpaired) electrons. The minimum absolute atomic E-state index is 0.0788. The highest BCUT2D eigenvalue weighted by atomic mass is 16.5. The number of benzene rings is 2. The Morgan fingerprint density at radius 1 is 1.18 bits per heavy atom. The lowest BCUT2D eigenvalue weighted by atomic mass is 10.1. The largest absolute Gasteiger partial charge is 0.496 e. The summed E-state index contributed by atoms with van der Waals surface area (Å²) in [5.41, 5.74) is 4.10. The van der Waals surface area contributed by atoms with Crippen molar-refractivity contribution >= 4 is 28.5 Å². The summed E-state index contributed by atoms with van der Waals surface area (Å²) in [6.45, 7) is 5.11. The van der Waals surface area contributed by atoms with Gasteiger partial charge in [-0.3, -0.25) is 0 Å². The van der Waals surface area contributed by atoms with Crippen molar-refractivity contribution in [2.45, 2.75) is 32.7 Å². The summed E-state index contributed by atoms with van der Waals surface area (Å²) >= 11 is 0. The van der Waals surface area contributed by atoms with E-state index in [1.807, 2.05) is 41.1 Å². The molecule has 8 nitrogen and oxygen atoms in total. The highest BCUT2D eigenvalue weighted by Gasteiger charge is 2.27. The summed E-state index contributed by atoms with van der Waals surface area (Å²) in [5, 5.41) is 14.1. The maximum Gasteiger partial charge on any atom is 0.230 e. The van der Waals surface area contributed by atoms with Crippen LogP contribution in [0.25, 0.3) is 16.6 Å². The number of rotatable bonds is 6. The molecule has 170 valence electrons. The van der Waals surface area contributed by atoms with Crippen molar-refractivity contribution < 1.29 is 9.84 Å². The second-order valence-corrected chi connectivity index (χ2v) is 8.44. The monoisotopic (exact) mass is 444 g/mol. The third-order valence-corrected chi connectivity index (χ3v) is 6.39. The molecule has 3 heterocycles. The first kappa shape index (κ1) is 21.2. The van der Waals surface area contributed by atoms with Crippen LogP contribution in [0.2, 0.25) is 0 Å². The van der Waals surface area contributed by atoms with Gasteiger partial charge in [0.25, 0.3) is 0 Å². The number of hydrogen-bond acceptors (Lipinski definition) is 7. The zero-order valence-corrected chi connectivity index (χ0v) is 19.1. The SMILES string of the molecule is COc1cc(-n2cnc(Nc3nc(N4CCC[C@H]4CO)c4ccccc4n3)c2)cc(C)c1C. The van der Waals surface area contributed by atoms with Gasteiger partial charge in [-0.2, -0.15) is 4.98 Å². The van der Waals surface area contributed by atoms with Crippen LogP contribution in [0.15, 0.2) is 48.9 Å². The molecule has 5 rings (SSSR count). The zero-order valence-electron chi connectivity index (χ0n) is 19.1. The van der Waals surface area contributed by atoms with Crippen molar-refractivity contribution in [2.24, 2.45) is 0 Å². The number of aliphatic hydroxyl groups excluding tert-OH is 1. The third-order valence-electron chi connectivity index (χ3n) is 6.39. The van der Waals surface area contributed by atoms with Crippen molar-refractivity contribution in [1.82, 2.24) is 19.5 Å². The second kappa shape index (κ2) is 8.71. The average Bonchev–Trinajstić information content (AvgIpc) is 3.50. The van der Waals surface area contributed by atoms with Gasteiger partial charge in [-0.05, 0) is 56.0 Å². The summed E-state index contributed by atoms with van der Waals surface area (Å²) in [6, 6.07) is 12.2. The molecule has 2 N–H and O–H groups in total. The van der Waals surface area contributed by atoms with Crippen molar-refractivity contribution in [1.29, 1.82) is 0 Å². The minimum Gasteiger partial charge on any atom is -0.496 e. The molecule has 1 aliphatic heterocycles. The minimum atomic E-state index is 0.0788. The van der Waals surface area contributed by atoms with Crippen LogP contribution in [0.4, 0.5) is 17.6 Å². The van der Waals surface area contributed by atoms with Crippen molar-refractivity contribution in [3.63, 3.8) is 0 Å². The lowest BCUT2D eigenvalue weighted by Crippen LogP contribution is -2.33. The van der Waals surface area contributed by atoms with E-state index < -0.39 is 0 Å². The Labute approximate surface area is 192 Å². The van der Waals surface area contributed by atoms with Crippen LogP contribution in [0.5, 0.6) is 5.75 Å². The number of methoxy groups -OCH3 is 1. The number of aromatic nitrogens is 4. The average molecular weight is 445 g/mol. The third kappa shape index (κ3) is 3.98. The number of nitrogens with one attached hydrogen (secondary N) is 1. The fourth-order valence-corrected chi connectivity index (χ4v) is 4.45. The van der Waals surface area contributed by atoms with E-state index >= 15 is 0 Å². The van der Waals surface area contributed by atoms with Gasteiger partial charge >= 0.3 is 0 Å². The molecular formula is C25H28N6O2. The lowest BCUT2D eigenvalue weighted by molar-refractivity contribution is 0.266. The molecule has 1 saturated heterocycles. The highest BCUT2D eigenvalue weighted by Crippen LogP contribution is 2.32. The number of fused-ring (bicyclic) bond motifs is 1. The number of aryl methyl sites for hydroxylation is 1. The molecule has 1 aliphatic rings. The first-order valence-electron chi connectivity index (χ1n) is 11.2. The van der Waals surface area contributed by atoms with E-state index in [1.165, 1.54) is 0 Å². The van der Waals surface area contributed by atoms with Gasteiger partial charge < -0.3 is 24.6 Å². The van der Waals surface area contributed by atoms with Gasteiger partial charge in [0.05, 0.1) is 37.2 Å². The van der Waals surface area contributed by atoms with E-state index in [-0.39, 0.29) is 12.6 Å². The standard InChI is InChI=1S/C25H28N6O2/c1-16-11-19(12-22(33-3)17(16)2)30-13-23(26-15-30)28-25-27-21-9-5-4-8-20(21)24(29-25)31-10-6-7-18(31)14-32/h4-5,8-9,11-13,15,18,32H,6-7,10,14H2,1-3H3,(H,27,28,29)/t18-/m0/s1. The Morgan fingerprint density at radius 2 is 2.03 bits per heavy atom. The fourth-order valence-electron chi connectivity index (χ4n) is 4.45. The van der Waals surface area contributed by atoms with Crippen molar-refractivity contribution in [3.05, 3.63) is 60.0 Å². The smallest absolute Gasteiger partial charge is 0.230 e. The number of nitrogens with zero attached hydrogens (tertiary/aromatic N) is 5. The number of para-hydroxylation sites is 1. The number of anilines is 3. The van der Waals surface area contributed by atoms with E-state index in [2.05, 4.69) is 35.1 Å². The fraction of sp³-hybridized carbons (Fsp3) is 0.320. The number of ether oxygens (including phenoxy) is 1. The molecule has 8 heteroatoms. The van der Waals surface area contributed by atoms with E-state index in [0.717, 1.165) is 58.7 Å². The molecule has 4 aromatic rings. The van der Waals surface area contributed by atoms with Crippen LogP contribution >= 0.6 is 0 Å². The topological polar surface area (TPSA) is 88.3 Å². The van der Waals surface area contributed by atoms with E-state index in [9.17, 15) is 5.11 Å². The Bertz CT molecular complexity index is 1300. The van der Waals surface area contributed by atoms with Crippen molar-refractivity contribution in [3.8, 4) is 11.4 Å². The van der Waals surface area contributed by atoms with Gasteiger partial charge in [0.1, 0.15) is 17.9 Å². The molecule has 2 aromatic carbocycles. The zero-order chi connectivity index (χ0) is 22.9. The highest BCUT2D eigenvalue weighted by molar-refractivity contribution is 5.91. The Hall–Kier alpha value is -3.65. The Kier molecular flexibility index (Phi) is 5.60. The van der Waals surface area contributed by atoms with Gasteiger partial charge in [-0.25, -0.2) is 9.97 Å². The van der Waals surface area contributed by atoms with Crippen LogP contribution in [-0.4, -0.2) is 50.9 Å². The van der Waals surface area contributed by atoms with Gasteiger partial charge in [0, 0.05) is 18.0 Å². The molecule has 0 saturated carbocycles. The van der Waals surface area contributed by atoms with Gasteiger partial charge in [0.15, 0.2) is 5.82 Å². The second-order valence-electron chi connectivity index (χ2n) is 8.44. The number of aliphatic hydroxyl groups is 1. The quantitative estimate of drug-likeness (QED) is 0.462. The normalized spacial score (nSPS) is 15.9. The van der Waals surface area contributed by atoms with Gasteiger partial charge in [-0.1, -0.05) is 12.1 Å². The molecule has 0 amide bonds. The van der Waals surface area contributed by atoms with Gasteiger partial charge in [-0.15, -0.1) is 0 Å². The lowest BCUT2D eigenvalue weighted by Gasteiger charge is -2.25. The molecule has 2 aromatic heterocycles. The number of imidazole rings is 1. The summed E-state index contributed by atoms with van der Waals surface area (Å²) in [4.78, 5) is 16.2. The van der Waals surface area contributed by atoms with E-state index in [1.54, 1.807) is 13.4 Å². The predicted octanol–water partition coefficient (Wildman–Crippen LogP) is 4.15. The summed E-state index contributed by atoms with van der Waals surface area (Å²) < 4.78 is 7.47. The summed E-state index contributed by atoms with van der Waals surface area (Å²) in [7, 11) is 1.68. The molecule has 0 aliphatic carbocycles. The first-order chi connectivity index (χ1) is 16.1. The summed E-state index contributed by atoms with van der Waals surface area (Å²) in [5.74, 6) is 2.82. The molecule has 0 spiro atoms. The number of hydrogen-bond donors (Lipinski definition) is 2. The predicted molar refractivity (Wildman–Crippen MR) is 130 cm³/mol. The molecule has 1 atom stereocenters. The summed E-state index contributed by atoms with van der Waals surface area (Å²) in [6.07, 6.45) is 5.67. The van der Waals surface area contributed by atoms with Crippen LogP contribution in [0.3, 0.4) is 0 Å². The molecule has 33 heavy (non-hydrogen) atoms. The van der Waals surface area contributed by atoms with E-state index in [4.69, 9.17) is 14.7 Å². The molecule has 0 bridgehead atoms. The van der Waals surface area contributed by atoms with Crippen LogP contribution < -0.4 is 15.0 Å². The van der Waals surface area contributed by atoms with E-state index in [0.29, 0.717) is 11.8 Å². The van der Waals surface area contributed by atoms with Crippen LogP contribution in [-0.2, 0) is 0 Å². The van der Waals surface area contributed by atoms with Crippen LogP contribution in [0, 0.1) is 13.8 Å². The van der Waals surface area contributed by atoms with Crippen molar-refractivity contribution in [2.75, 3.05) is 30.5 Å². The Morgan fingerprint density at radius 3 is 2.85 bits per heavy atom.